The van der Waals surface area contributed by atoms with Crippen molar-refractivity contribution in [3.05, 3.63) is 34.4 Å². The number of benzene rings is 1. The number of nitrogens with zero attached hydrogens (tertiary/aromatic N) is 2. The Hall–Kier alpha value is -1.86. The molecule has 108 valence electrons. The van der Waals surface area contributed by atoms with Gasteiger partial charge in [-0.3, -0.25) is 4.79 Å². The molecule has 0 unspecified atom stereocenters. The maximum atomic E-state index is 12.7. The molecule has 20 heavy (non-hydrogen) atoms. The molecule has 0 saturated heterocycles. The molecule has 4 nitrogen and oxygen atoms in total. The summed E-state index contributed by atoms with van der Waals surface area (Å²) >= 11 is 0. The molecule has 0 aliphatic heterocycles. The third-order valence-corrected chi connectivity index (χ3v) is 3.24. The van der Waals surface area contributed by atoms with Crippen molar-refractivity contribution in [1.82, 2.24) is 4.90 Å². The molecule has 4 heteroatoms. The number of hydrogen-bond donors (Lipinski definition) is 0. The molecule has 1 aromatic rings. The van der Waals surface area contributed by atoms with Crippen molar-refractivity contribution in [3.63, 3.8) is 0 Å². The van der Waals surface area contributed by atoms with Crippen molar-refractivity contribution in [2.24, 2.45) is 0 Å². The van der Waals surface area contributed by atoms with Crippen LogP contribution in [0.1, 0.15) is 33.5 Å². The van der Waals surface area contributed by atoms with E-state index in [1.54, 1.807) is 12.0 Å². The summed E-state index contributed by atoms with van der Waals surface area (Å²) in [5, 5.41) is 8.72. The number of nitriles is 1. The lowest BCUT2D eigenvalue weighted by molar-refractivity contribution is 0.0698. The average Bonchev–Trinajstić information content (AvgIpc) is 2.37. The summed E-state index contributed by atoms with van der Waals surface area (Å²) < 4.78 is 5.04. The Morgan fingerprint density at radius 2 is 1.85 bits per heavy atom. The molecule has 0 heterocycles. The van der Waals surface area contributed by atoms with Crippen LogP contribution in [0.4, 0.5) is 0 Å². The minimum Gasteiger partial charge on any atom is -0.383 e. The highest BCUT2D eigenvalue weighted by Gasteiger charge is 2.19. The normalized spacial score (nSPS) is 10.2. The smallest absolute Gasteiger partial charge is 0.254 e. The number of carbonyl (C=O) groups is 1. The van der Waals surface area contributed by atoms with E-state index < -0.39 is 0 Å². The van der Waals surface area contributed by atoms with E-state index in [2.05, 4.69) is 6.07 Å². The summed E-state index contributed by atoms with van der Waals surface area (Å²) in [6.07, 6.45) is 0.333. The molecule has 1 amide bonds. The maximum absolute atomic E-state index is 12.7. The predicted octanol–water partition coefficient (Wildman–Crippen LogP) is 2.61. The molecule has 0 fully saturated rings. The van der Waals surface area contributed by atoms with Crippen LogP contribution in [0, 0.1) is 32.1 Å². The van der Waals surface area contributed by atoms with Crippen LogP contribution < -0.4 is 0 Å². The molecule has 0 aliphatic carbocycles. The third-order valence-electron chi connectivity index (χ3n) is 3.24. The summed E-state index contributed by atoms with van der Waals surface area (Å²) in [5.74, 6) is -0.0210. The van der Waals surface area contributed by atoms with Crippen molar-refractivity contribution < 1.29 is 9.53 Å². The van der Waals surface area contributed by atoms with E-state index in [4.69, 9.17) is 10.00 Å². The first kappa shape index (κ1) is 16.2. The van der Waals surface area contributed by atoms with Gasteiger partial charge in [-0.1, -0.05) is 17.7 Å². The summed E-state index contributed by atoms with van der Waals surface area (Å²) in [5.41, 5.74) is 3.85. The van der Waals surface area contributed by atoms with Gasteiger partial charge in [0.15, 0.2) is 0 Å². The molecule has 1 rings (SSSR count). The minimum absolute atomic E-state index is 0.0210. The summed E-state index contributed by atoms with van der Waals surface area (Å²) in [7, 11) is 1.61. The molecule has 0 atom stereocenters. The molecule has 0 N–H and O–H groups in total. The van der Waals surface area contributed by atoms with E-state index in [0.29, 0.717) is 26.1 Å². The first-order valence-electron chi connectivity index (χ1n) is 6.74. The fraction of sp³-hybridized carbons (Fsp3) is 0.500. The molecular weight excluding hydrogens is 252 g/mol. The highest BCUT2D eigenvalue weighted by molar-refractivity contribution is 5.97. The van der Waals surface area contributed by atoms with Crippen molar-refractivity contribution in [2.75, 3.05) is 26.8 Å². The fourth-order valence-corrected chi connectivity index (χ4v) is 2.38. The number of aryl methyl sites for hydroxylation is 3. The Bertz CT molecular complexity index is 495. The monoisotopic (exact) mass is 274 g/mol. The largest absolute Gasteiger partial charge is 0.383 e. The number of methoxy groups -OCH3 is 1. The quantitative estimate of drug-likeness (QED) is 0.801. The van der Waals surface area contributed by atoms with Gasteiger partial charge in [0.05, 0.1) is 19.1 Å². The first-order valence-corrected chi connectivity index (χ1v) is 6.74. The zero-order valence-corrected chi connectivity index (χ0v) is 12.7. The summed E-state index contributed by atoms with van der Waals surface area (Å²) in [6.45, 7) is 7.33. The van der Waals surface area contributed by atoms with Crippen LogP contribution in [0.3, 0.4) is 0 Å². The molecule has 1 aromatic carbocycles. The van der Waals surface area contributed by atoms with E-state index >= 15 is 0 Å². The molecular formula is C16H22N2O2. The van der Waals surface area contributed by atoms with Crippen LogP contribution in [0.25, 0.3) is 0 Å². The molecule has 0 aromatic heterocycles. The average molecular weight is 274 g/mol. The zero-order chi connectivity index (χ0) is 15.1. The van der Waals surface area contributed by atoms with E-state index in [1.165, 1.54) is 0 Å². The van der Waals surface area contributed by atoms with Crippen LogP contribution in [0.15, 0.2) is 12.1 Å². The fourth-order valence-electron chi connectivity index (χ4n) is 2.38. The van der Waals surface area contributed by atoms with Gasteiger partial charge in [-0.25, -0.2) is 0 Å². The Balaban J connectivity index is 3.02. The highest BCUT2D eigenvalue weighted by atomic mass is 16.5. The lowest BCUT2D eigenvalue weighted by Crippen LogP contribution is -2.35. The molecule has 0 radical (unpaired) electrons. The van der Waals surface area contributed by atoms with Crippen molar-refractivity contribution in [2.45, 2.75) is 27.2 Å². The second kappa shape index (κ2) is 7.66. The first-order chi connectivity index (χ1) is 9.51. The number of hydrogen-bond acceptors (Lipinski definition) is 3. The molecule has 0 bridgehead atoms. The highest BCUT2D eigenvalue weighted by Crippen LogP contribution is 2.18. The van der Waals surface area contributed by atoms with Gasteiger partial charge < -0.3 is 9.64 Å². The third kappa shape index (κ3) is 4.07. The summed E-state index contributed by atoms with van der Waals surface area (Å²) in [6, 6.07) is 6.11. The second-order valence-corrected chi connectivity index (χ2v) is 4.97. The zero-order valence-electron chi connectivity index (χ0n) is 12.7. The van der Waals surface area contributed by atoms with Gasteiger partial charge in [0, 0.05) is 25.8 Å². The molecule has 0 saturated carbocycles. The van der Waals surface area contributed by atoms with Gasteiger partial charge in [-0.05, 0) is 31.9 Å². The van der Waals surface area contributed by atoms with Crippen LogP contribution in [0.5, 0.6) is 0 Å². The topological polar surface area (TPSA) is 53.3 Å². The Labute approximate surface area is 121 Å². The van der Waals surface area contributed by atoms with E-state index in [1.807, 2.05) is 32.9 Å². The van der Waals surface area contributed by atoms with Gasteiger partial charge in [0.2, 0.25) is 0 Å². The van der Waals surface area contributed by atoms with Gasteiger partial charge in [-0.15, -0.1) is 0 Å². The number of ether oxygens (including phenoxy) is 1. The van der Waals surface area contributed by atoms with Gasteiger partial charge >= 0.3 is 0 Å². The standard InChI is InChI=1S/C16H22N2O2/c1-12-10-13(2)15(14(3)11-12)16(19)18(7-5-6-17)8-9-20-4/h10-11H,5,7-9H2,1-4H3. The Morgan fingerprint density at radius 3 is 2.35 bits per heavy atom. The predicted molar refractivity (Wildman–Crippen MR) is 78.7 cm³/mol. The summed E-state index contributed by atoms with van der Waals surface area (Å²) in [4.78, 5) is 14.4. The van der Waals surface area contributed by atoms with Crippen LogP contribution in [-0.2, 0) is 4.74 Å². The van der Waals surface area contributed by atoms with Crippen molar-refractivity contribution in [3.8, 4) is 6.07 Å². The van der Waals surface area contributed by atoms with Crippen molar-refractivity contribution in [1.29, 1.82) is 5.26 Å². The van der Waals surface area contributed by atoms with E-state index in [0.717, 1.165) is 22.3 Å². The van der Waals surface area contributed by atoms with Crippen LogP contribution in [0.2, 0.25) is 0 Å². The maximum Gasteiger partial charge on any atom is 0.254 e. The number of amides is 1. The van der Waals surface area contributed by atoms with Crippen LogP contribution >= 0.6 is 0 Å². The lowest BCUT2D eigenvalue weighted by Gasteiger charge is -2.23. The Morgan fingerprint density at radius 1 is 1.25 bits per heavy atom. The minimum atomic E-state index is -0.0210. The van der Waals surface area contributed by atoms with Crippen molar-refractivity contribution >= 4 is 5.91 Å². The van der Waals surface area contributed by atoms with Gasteiger partial charge in [0.1, 0.15) is 0 Å². The van der Waals surface area contributed by atoms with Gasteiger partial charge in [-0.2, -0.15) is 5.26 Å². The number of rotatable bonds is 6. The van der Waals surface area contributed by atoms with E-state index in [-0.39, 0.29) is 5.91 Å². The Kier molecular flexibility index (Phi) is 6.20. The SMILES string of the molecule is COCCN(CCC#N)C(=O)c1c(C)cc(C)cc1C. The lowest BCUT2D eigenvalue weighted by atomic mass is 9.98. The molecule has 0 aliphatic rings. The van der Waals surface area contributed by atoms with Crippen LogP contribution in [-0.4, -0.2) is 37.6 Å². The van der Waals surface area contributed by atoms with E-state index in [9.17, 15) is 4.79 Å². The second-order valence-electron chi connectivity index (χ2n) is 4.97. The molecule has 0 spiro atoms. The van der Waals surface area contributed by atoms with Gasteiger partial charge in [0.25, 0.3) is 5.91 Å². The number of carbonyl (C=O) groups excluding carboxylic acids is 1.